The predicted octanol–water partition coefficient (Wildman–Crippen LogP) is -0.756. The number of benzene rings is 1. The van der Waals surface area contributed by atoms with Crippen molar-refractivity contribution in [1.82, 2.24) is 5.48 Å². The Morgan fingerprint density at radius 3 is 2.38 bits per heavy atom. The summed E-state index contributed by atoms with van der Waals surface area (Å²) >= 11 is 0. The van der Waals surface area contributed by atoms with Crippen molar-refractivity contribution in [1.29, 1.82) is 0 Å². The first-order chi connectivity index (χ1) is 7.52. The second kappa shape index (κ2) is 4.99. The molecule has 0 fully saturated rings. The lowest BCUT2D eigenvalue weighted by molar-refractivity contribution is -0.124. The number of hydrogen-bond donors (Lipinski definition) is 4. The Hall–Kier alpha value is -2.28. The Bertz CT molecular complexity index is 398. The first kappa shape index (κ1) is 11.8. The molecule has 2 amide bonds. The molecule has 0 saturated heterocycles. The van der Waals surface area contributed by atoms with Crippen molar-refractivity contribution in [3.05, 3.63) is 23.8 Å². The molecule has 1 rings (SSSR count). The number of rotatable bonds is 4. The number of amides is 2. The van der Waals surface area contributed by atoms with Crippen LogP contribution in [-0.4, -0.2) is 28.6 Å². The van der Waals surface area contributed by atoms with Crippen molar-refractivity contribution in [2.45, 2.75) is 0 Å². The van der Waals surface area contributed by atoms with E-state index in [4.69, 9.17) is 5.73 Å². The Morgan fingerprint density at radius 1 is 1.31 bits per heavy atom. The molecule has 0 unspecified atom stereocenters. The van der Waals surface area contributed by atoms with Gasteiger partial charge in [0.2, 0.25) is 5.91 Å². The highest BCUT2D eigenvalue weighted by Gasteiger charge is 2.15. The zero-order valence-corrected chi connectivity index (χ0v) is 8.14. The van der Waals surface area contributed by atoms with Gasteiger partial charge in [-0.05, 0) is 12.1 Å². The minimum absolute atomic E-state index is 0.341. The van der Waals surface area contributed by atoms with Crippen LogP contribution in [-0.2, 0) is 9.63 Å². The number of primary amides is 1. The van der Waals surface area contributed by atoms with Gasteiger partial charge in [-0.1, -0.05) is 6.07 Å². The summed E-state index contributed by atoms with van der Waals surface area (Å²) in [6, 6.07) is 3.82. The van der Waals surface area contributed by atoms with Gasteiger partial charge in [-0.15, -0.1) is 0 Å². The third-order valence-corrected chi connectivity index (χ3v) is 1.63. The summed E-state index contributed by atoms with van der Waals surface area (Å²) in [6.07, 6.45) is 0. The zero-order chi connectivity index (χ0) is 12.1. The van der Waals surface area contributed by atoms with Crippen LogP contribution in [0.15, 0.2) is 18.2 Å². The molecule has 1 aromatic carbocycles. The minimum atomic E-state index is -0.878. The lowest BCUT2D eigenvalue weighted by Gasteiger charge is -2.07. The highest BCUT2D eigenvalue weighted by Crippen LogP contribution is 2.25. The van der Waals surface area contributed by atoms with Crippen LogP contribution in [0.2, 0.25) is 0 Å². The monoisotopic (exact) mass is 226 g/mol. The number of hydroxylamine groups is 1. The second-order valence-corrected chi connectivity index (χ2v) is 2.86. The molecule has 5 N–H and O–H groups in total. The molecule has 0 aliphatic rings. The van der Waals surface area contributed by atoms with Crippen LogP contribution in [0.4, 0.5) is 0 Å². The molecule has 0 radical (unpaired) electrons. The van der Waals surface area contributed by atoms with E-state index < -0.39 is 29.9 Å². The molecule has 0 saturated carbocycles. The van der Waals surface area contributed by atoms with Crippen molar-refractivity contribution in [3.63, 3.8) is 0 Å². The molecule has 0 aliphatic carbocycles. The van der Waals surface area contributed by atoms with Crippen LogP contribution < -0.4 is 11.2 Å². The fraction of sp³-hybridized carbons (Fsp3) is 0.111. The molecule has 16 heavy (non-hydrogen) atoms. The van der Waals surface area contributed by atoms with Gasteiger partial charge in [-0.2, -0.15) is 0 Å². The highest BCUT2D eigenvalue weighted by molar-refractivity contribution is 5.98. The number of nitrogens with one attached hydrogen (secondary N) is 1. The summed E-state index contributed by atoms with van der Waals surface area (Å²) in [4.78, 5) is 26.1. The molecule has 0 spiro atoms. The van der Waals surface area contributed by atoms with Crippen molar-refractivity contribution < 1.29 is 24.6 Å². The van der Waals surface area contributed by atoms with Crippen LogP contribution in [0.3, 0.4) is 0 Å². The molecule has 1 aromatic rings. The summed E-state index contributed by atoms with van der Waals surface area (Å²) < 4.78 is 0. The van der Waals surface area contributed by atoms with E-state index in [2.05, 4.69) is 4.84 Å². The van der Waals surface area contributed by atoms with Crippen molar-refractivity contribution in [2.75, 3.05) is 6.61 Å². The topological polar surface area (TPSA) is 122 Å². The maximum atomic E-state index is 11.4. The van der Waals surface area contributed by atoms with Gasteiger partial charge in [0.05, 0.1) is 0 Å². The lowest BCUT2D eigenvalue weighted by Crippen LogP contribution is -2.29. The van der Waals surface area contributed by atoms with Gasteiger partial charge in [0.15, 0.2) is 6.61 Å². The van der Waals surface area contributed by atoms with Crippen LogP contribution in [0.1, 0.15) is 10.4 Å². The molecule has 0 atom stereocenters. The summed E-state index contributed by atoms with van der Waals surface area (Å²) in [5.41, 5.74) is 6.27. The Labute approximate surface area is 90.4 Å². The van der Waals surface area contributed by atoms with E-state index in [-0.39, 0.29) is 5.56 Å². The van der Waals surface area contributed by atoms with Gasteiger partial charge in [0, 0.05) is 0 Å². The van der Waals surface area contributed by atoms with Crippen LogP contribution >= 0.6 is 0 Å². The average molecular weight is 226 g/mol. The molecule has 7 nitrogen and oxygen atoms in total. The second-order valence-electron chi connectivity index (χ2n) is 2.86. The maximum absolute atomic E-state index is 11.4. The van der Waals surface area contributed by atoms with E-state index in [0.717, 1.165) is 0 Å². The number of carbonyl (C=O) groups is 2. The van der Waals surface area contributed by atoms with Crippen molar-refractivity contribution in [3.8, 4) is 11.5 Å². The highest BCUT2D eigenvalue weighted by atomic mass is 16.7. The summed E-state index contributed by atoms with van der Waals surface area (Å²) in [7, 11) is 0. The zero-order valence-electron chi connectivity index (χ0n) is 8.14. The molecular formula is C9H10N2O5. The number of aromatic hydroxyl groups is 2. The van der Waals surface area contributed by atoms with E-state index >= 15 is 0 Å². The van der Waals surface area contributed by atoms with E-state index in [1.54, 1.807) is 0 Å². The standard InChI is InChI=1S/C9H10N2O5/c10-7(14)4-16-11-9(15)8-5(12)2-1-3-6(8)13/h1-3,12-13H,4H2,(H2,10,14)(H,11,15). The van der Waals surface area contributed by atoms with Crippen LogP contribution in [0.5, 0.6) is 11.5 Å². The first-order valence-corrected chi connectivity index (χ1v) is 4.23. The number of hydrogen-bond acceptors (Lipinski definition) is 5. The largest absolute Gasteiger partial charge is 0.507 e. The molecule has 7 heteroatoms. The predicted molar refractivity (Wildman–Crippen MR) is 52.4 cm³/mol. The van der Waals surface area contributed by atoms with Gasteiger partial charge < -0.3 is 15.9 Å². The van der Waals surface area contributed by atoms with Gasteiger partial charge >= 0.3 is 0 Å². The molecule has 0 aromatic heterocycles. The molecule has 86 valence electrons. The van der Waals surface area contributed by atoms with Gasteiger partial charge in [-0.25, -0.2) is 5.48 Å². The lowest BCUT2D eigenvalue weighted by atomic mass is 10.1. The van der Waals surface area contributed by atoms with E-state index in [1.807, 2.05) is 5.48 Å². The molecule has 0 aliphatic heterocycles. The Morgan fingerprint density at radius 2 is 1.88 bits per heavy atom. The van der Waals surface area contributed by atoms with Gasteiger partial charge in [0.25, 0.3) is 5.91 Å². The summed E-state index contributed by atoms with van der Waals surface area (Å²) in [5, 5.41) is 18.6. The fourth-order valence-electron chi connectivity index (χ4n) is 0.985. The Balaban J connectivity index is 2.70. The summed E-state index contributed by atoms with van der Waals surface area (Å²) in [5.74, 6) is -2.45. The number of phenols is 2. The fourth-order valence-corrected chi connectivity index (χ4v) is 0.985. The first-order valence-electron chi connectivity index (χ1n) is 4.23. The molecule has 0 heterocycles. The third-order valence-electron chi connectivity index (χ3n) is 1.63. The van der Waals surface area contributed by atoms with Crippen molar-refractivity contribution in [2.24, 2.45) is 5.73 Å². The van der Waals surface area contributed by atoms with E-state index in [0.29, 0.717) is 0 Å². The molecule has 0 bridgehead atoms. The average Bonchev–Trinajstić information content (AvgIpc) is 2.16. The number of phenolic OH excluding ortho intramolecular Hbond substituents is 2. The summed E-state index contributed by atoms with van der Waals surface area (Å²) in [6.45, 7) is -0.500. The van der Waals surface area contributed by atoms with Crippen molar-refractivity contribution >= 4 is 11.8 Å². The van der Waals surface area contributed by atoms with Gasteiger partial charge in [-0.3, -0.25) is 14.4 Å². The van der Waals surface area contributed by atoms with E-state index in [1.165, 1.54) is 18.2 Å². The van der Waals surface area contributed by atoms with Crippen LogP contribution in [0, 0.1) is 0 Å². The van der Waals surface area contributed by atoms with Gasteiger partial charge in [0.1, 0.15) is 17.1 Å². The number of nitrogens with two attached hydrogens (primary N) is 1. The smallest absolute Gasteiger partial charge is 0.282 e. The normalized spacial score (nSPS) is 9.75. The quantitative estimate of drug-likeness (QED) is 0.503. The number of carbonyl (C=O) groups excluding carboxylic acids is 2. The van der Waals surface area contributed by atoms with Crippen LogP contribution in [0.25, 0.3) is 0 Å². The third kappa shape index (κ3) is 2.85. The SMILES string of the molecule is NC(=O)CONC(=O)c1c(O)cccc1O. The maximum Gasteiger partial charge on any atom is 0.282 e. The van der Waals surface area contributed by atoms with E-state index in [9.17, 15) is 19.8 Å². The molecular weight excluding hydrogens is 216 g/mol. The minimum Gasteiger partial charge on any atom is -0.507 e. The Kier molecular flexibility index (Phi) is 3.67.